The highest BCUT2D eigenvalue weighted by atomic mass is 16.5. The molecule has 0 radical (unpaired) electrons. The van der Waals surface area contributed by atoms with Gasteiger partial charge in [0.05, 0.1) is 13.7 Å². The van der Waals surface area contributed by atoms with Crippen molar-refractivity contribution in [3.8, 4) is 5.75 Å². The van der Waals surface area contributed by atoms with E-state index in [2.05, 4.69) is 18.5 Å². The Morgan fingerprint density at radius 3 is 2.48 bits per heavy atom. The minimum Gasteiger partial charge on any atom is -0.496 e. The van der Waals surface area contributed by atoms with Crippen LogP contribution in [0.5, 0.6) is 5.75 Å². The van der Waals surface area contributed by atoms with Crippen molar-refractivity contribution in [2.24, 2.45) is 5.41 Å². The number of carbonyl (C=O) groups is 3. The number of carboxylic acids is 1. The summed E-state index contributed by atoms with van der Waals surface area (Å²) in [5.41, 5.74) is -0.0347. The first-order chi connectivity index (χ1) is 20.0. The lowest BCUT2D eigenvalue weighted by Crippen LogP contribution is -2.57. The standard InChI is InChI=1S/C34H46N2O6/c1-8-11-12-13-14-15-29(37)35-30(33(4,5)10-3)31(38)36-22-34(42-7,21-27(36)32(39)40)26-17-16-24-20-28(41-6)23(9-2)18-25(24)19-26/h8-9,16-20,27,30H,1-2,10-15,21-22H2,3-7H3,(H,35,37)(H,39,40)/t27?,30-,34?/m1/s1. The van der Waals surface area contributed by atoms with Crippen molar-refractivity contribution in [2.45, 2.75) is 83.4 Å². The minimum absolute atomic E-state index is 0.0446. The third kappa shape index (κ3) is 7.04. The van der Waals surface area contributed by atoms with Crippen LogP contribution < -0.4 is 10.1 Å². The number of methoxy groups -OCH3 is 2. The summed E-state index contributed by atoms with van der Waals surface area (Å²) >= 11 is 0. The molecule has 228 valence electrons. The highest BCUT2D eigenvalue weighted by molar-refractivity contribution is 5.92. The van der Waals surface area contributed by atoms with Gasteiger partial charge in [0.15, 0.2) is 0 Å². The fraction of sp³-hybridized carbons (Fsp3) is 0.500. The summed E-state index contributed by atoms with van der Waals surface area (Å²) in [6, 6.07) is 7.73. The monoisotopic (exact) mass is 578 g/mol. The molecule has 3 atom stereocenters. The van der Waals surface area contributed by atoms with Crippen LogP contribution in [0.1, 0.15) is 76.8 Å². The zero-order chi connectivity index (χ0) is 31.1. The third-order valence-electron chi connectivity index (χ3n) is 8.78. The van der Waals surface area contributed by atoms with Crippen molar-refractivity contribution in [1.82, 2.24) is 10.2 Å². The second-order valence-electron chi connectivity index (χ2n) is 11.8. The second kappa shape index (κ2) is 14.0. The molecule has 1 aliphatic heterocycles. The summed E-state index contributed by atoms with van der Waals surface area (Å²) in [6.07, 6.45) is 8.05. The summed E-state index contributed by atoms with van der Waals surface area (Å²) in [5.74, 6) is -1.02. The maximum absolute atomic E-state index is 14.2. The summed E-state index contributed by atoms with van der Waals surface area (Å²) in [6.45, 7) is 13.5. The van der Waals surface area contributed by atoms with Crippen LogP contribution >= 0.6 is 0 Å². The summed E-state index contributed by atoms with van der Waals surface area (Å²) < 4.78 is 11.5. The predicted molar refractivity (Wildman–Crippen MR) is 166 cm³/mol. The van der Waals surface area contributed by atoms with E-state index in [1.165, 1.54) is 4.90 Å². The van der Waals surface area contributed by atoms with Crippen molar-refractivity contribution >= 4 is 34.6 Å². The molecule has 0 aliphatic carbocycles. The Bertz CT molecular complexity index is 1320. The molecular weight excluding hydrogens is 532 g/mol. The lowest BCUT2D eigenvalue weighted by atomic mass is 9.80. The van der Waals surface area contributed by atoms with Gasteiger partial charge in [0.2, 0.25) is 11.8 Å². The Hall–Kier alpha value is -3.65. The Balaban J connectivity index is 1.94. The van der Waals surface area contributed by atoms with Crippen molar-refractivity contribution in [3.05, 3.63) is 60.7 Å². The molecule has 2 aromatic rings. The third-order valence-corrected chi connectivity index (χ3v) is 8.78. The van der Waals surface area contributed by atoms with Gasteiger partial charge in [0, 0.05) is 25.5 Å². The minimum atomic E-state index is -1.11. The Morgan fingerprint density at radius 2 is 1.88 bits per heavy atom. The van der Waals surface area contributed by atoms with Gasteiger partial charge in [-0.2, -0.15) is 0 Å². The van der Waals surface area contributed by atoms with Gasteiger partial charge in [-0.05, 0) is 65.6 Å². The quantitative estimate of drug-likeness (QED) is 0.196. The lowest BCUT2D eigenvalue weighted by Gasteiger charge is -2.37. The van der Waals surface area contributed by atoms with Gasteiger partial charge in [0.25, 0.3) is 0 Å². The van der Waals surface area contributed by atoms with E-state index in [4.69, 9.17) is 9.47 Å². The van der Waals surface area contributed by atoms with Crippen molar-refractivity contribution in [1.29, 1.82) is 0 Å². The average molecular weight is 579 g/mol. The van der Waals surface area contributed by atoms with Crippen molar-refractivity contribution in [3.63, 3.8) is 0 Å². The molecule has 1 fully saturated rings. The van der Waals surface area contributed by atoms with E-state index in [0.717, 1.165) is 41.2 Å². The van der Waals surface area contributed by atoms with Crippen molar-refractivity contribution < 1.29 is 29.0 Å². The summed E-state index contributed by atoms with van der Waals surface area (Å²) in [7, 11) is 3.15. The highest BCUT2D eigenvalue weighted by Crippen LogP contribution is 2.42. The van der Waals surface area contributed by atoms with Crippen LogP contribution in [0.3, 0.4) is 0 Å². The second-order valence-corrected chi connectivity index (χ2v) is 11.8. The molecule has 0 saturated carbocycles. The number of fused-ring (bicyclic) bond motifs is 1. The lowest BCUT2D eigenvalue weighted by molar-refractivity contribution is -0.151. The van der Waals surface area contributed by atoms with Gasteiger partial charge in [-0.15, -0.1) is 6.58 Å². The largest absolute Gasteiger partial charge is 0.496 e. The smallest absolute Gasteiger partial charge is 0.326 e. The number of carboxylic acid groups (broad SMARTS) is 1. The number of nitrogens with zero attached hydrogens (tertiary/aromatic N) is 1. The molecule has 0 bridgehead atoms. The Morgan fingerprint density at radius 1 is 1.14 bits per heavy atom. The topological polar surface area (TPSA) is 105 Å². The fourth-order valence-corrected chi connectivity index (χ4v) is 5.66. The highest BCUT2D eigenvalue weighted by Gasteiger charge is 2.53. The molecule has 42 heavy (non-hydrogen) atoms. The van der Waals surface area contributed by atoms with Gasteiger partial charge in [0.1, 0.15) is 23.4 Å². The van der Waals surface area contributed by atoms with E-state index in [-0.39, 0.29) is 18.9 Å². The number of aliphatic carboxylic acids is 1. The predicted octanol–water partition coefficient (Wildman–Crippen LogP) is 6.08. The molecule has 1 saturated heterocycles. The first-order valence-electron chi connectivity index (χ1n) is 14.7. The van der Waals surface area contributed by atoms with Gasteiger partial charge >= 0.3 is 5.97 Å². The number of benzene rings is 2. The van der Waals surface area contributed by atoms with E-state index >= 15 is 0 Å². The zero-order valence-electron chi connectivity index (χ0n) is 25.7. The Kier molecular flexibility index (Phi) is 11.0. The van der Waals surface area contributed by atoms with Crippen LogP contribution in [-0.4, -0.2) is 60.6 Å². The molecular formula is C34H46N2O6. The number of amides is 2. The maximum Gasteiger partial charge on any atom is 0.326 e. The molecule has 2 unspecified atom stereocenters. The van der Waals surface area contributed by atoms with E-state index in [0.29, 0.717) is 25.0 Å². The summed E-state index contributed by atoms with van der Waals surface area (Å²) in [5, 5.41) is 15.1. The molecule has 0 spiro atoms. The number of rotatable bonds is 15. The Labute approximate surface area is 249 Å². The normalized spacial score (nSPS) is 19.4. The van der Waals surface area contributed by atoms with Crippen LogP contribution in [0.2, 0.25) is 0 Å². The average Bonchev–Trinajstić information content (AvgIpc) is 3.40. The van der Waals surface area contributed by atoms with Crippen LogP contribution in [0.15, 0.2) is 49.6 Å². The molecule has 8 nitrogen and oxygen atoms in total. The van der Waals surface area contributed by atoms with Crippen molar-refractivity contribution in [2.75, 3.05) is 20.8 Å². The van der Waals surface area contributed by atoms with Gasteiger partial charge in [-0.1, -0.05) is 58.1 Å². The number of nitrogens with one attached hydrogen (secondary N) is 1. The molecule has 2 N–H and O–H groups in total. The molecule has 2 amide bonds. The fourth-order valence-electron chi connectivity index (χ4n) is 5.66. The molecule has 1 aliphatic rings. The van der Waals surface area contributed by atoms with Crippen LogP contribution in [0, 0.1) is 5.41 Å². The number of unbranched alkanes of at least 4 members (excludes halogenated alkanes) is 3. The number of hydrogen-bond donors (Lipinski definition) is 2. The molecule has 8 heteroatoms. The van der Waals surface area contributed by atoms with Crippen LogP contribution in [-0.2, 0) is 24.7 Å². The van der Waals surface area contributed by atoms with Gasteiger partial charge < -0.3 is 24.8 Å². The number of likely N-dealkylation sites (tertiary alicyclic amines) is 1. The van der Waals surface area contributed by atoms with Crippen LogP contribution in [0.4, 0.5) is 0 Å². The SMILES string of the molecule is C=CCCCCCC(=O)N[C@H](C(=O)N1CC(OC)(c2ccc3cc(OC)c(C=C)cc3c2)CC1C(=O)O)C(C)(C)CC. The first kappa shape index (κ1) is 32.9. The molecule has 0 aromatic heterocycles. The number of allylic oxidation sites excluding steroid dienone is 1. The number of ether oxygens (including phenoxy) is 2. The van der Waals surface area contributed by atoms with E-state index in [9.17, 15) is 19.5 Å². The molecule has 2 aromatic carbocycles. The maximum atomic E-state index is 14.2. The zero-order valence-corrected chi connectivity index (χ0v) is 25.7. The van der Waals surface area contributed by atoms with E-state index < -0.39 is 35.0 Å². The van der Waals surface area contributed by atoms with E-state index in [1.54, 1.807) is 20.3 Å². The number of hydrogen-bond acceptors (Lipinski definition) is 5. The van der Waals surface area contributed by atoms with E-state index in [1.807, 2.05) is 57.2 Å². The number of carbonyl (C=O) groups excluding carboxylic acids is 2. The van der Waals surface area contributed by atoms with Crippen LogP contribution in [0.25, 0.3) is 16.8 Å². The molecule has 3 rings (SSSR count). The van der Waals surface area contributed by atoms with Gasteiger partial charge in [-0.3, -0.25) is 9.59 Å². The first-order valence-corrected chi connectivity index (χ1v) is 14.7. The molecule has 1 heterocycles. The van der Waals surface area contributed by atoms with Gasteiger partial charge in [-0.25, -0.2) is 4.79 Å². The summed E-state index contributed by atoms with van der Waals surface area (Å²) in [4.78, 5) is 41.0.